The highest BCUT2D eigenvalue weighted by atomic mass is 16.5. The zero-order chi connectivity index (χ0) is 17.5. The molecule has 5 heteroatoms. The summed E-state index contributed by atoms with van der Waals surface area (Å²) in [6, 6.07) is 20.1. The molecular formula is C20H22N4O. The average Bonchev–Trinajstić information content (AvgIpc) is 2.64. The van der Waals surface area contributed by atoms with Gasteiger partial charge in [0.05, 0.1) is 6.61 Å². The van der Waals surface area contributed by atoms with E-state index in [1.165, 1.54) is 5.56 Å². The molecule has 1 heterocycles. The number of rotatable bonds is 7. The Balaban J connectivity index is 1.89. The van der Waals surface area contributed by atoms with Gasteiger partial charge in [-0.2, -0.15) is 0 Å². The third-order valence-corrected chi connectivity index (χ3v) is 3.69. The predicted molar refractivity (Wildman–Crippen MR) is 102 cm³/mol. The maximum absolute atomic E-state index is 5.09. The maximum Gasteiger partial charge on any atom is 0.163 e. The zero-order valence-electron chi connectivity index (χ0n) is 14.5. The topological polar surface area (TPSA) is 59.1 Å². The Morgan fingerprint density at radius 2 is 1.64 bits per heavy atom. The van der Waals surface area contributed by atoms with E-state index >= 15 is 0 Å². The van der Waals surface area contributed by atoms with Crippen LogP contribution in [0.5, 0.6) is 0 Å². The number of hydrogen-bond acceptors (Lipinski definition) is 5. The fourth-order valence-corrected chi connectivity index (χ4v) is 2.38. The molecule has 2 aromatic carbocycles. The molecule has 0 aliphatic rings. The normalized spacial score (nSPS) is 10.5. The average molecular weight is 334 g/mol. The molecule has 1 aromatic heterocycles. The number of aryl methyl sites for hydroxylation is 1. The Bertz CT molecular complexity index is 804. The molecule has 0 radical (unpaired) electrons. The molecule has 2 N–H and O–H groups in total. The Labute approximate surface area is 148 Å². The fraction of sp³-hybridized carbons (Fsp3) is 0.200. The lowest BCUT2D eigenvalue weighted by atomic mass is 10.2. The van der Waals surface area contributed by atoms with Gasteiger partial charge in [0.15, 0.2) is 5.82 Å². The van der Waals surface area contributed by atoms with Crippen LogP contribution < -0.4 is 10.6 Å². The van der Waals surface area contributed by atoms with Gasteiger partial charge in [-0.25, -0.2) is 9.97 Å². The molecular weight excluding hydrogens is 312 g/mol. The van der Waals surface area contributed by atoms with Crippen LogP contribution in [0.25, 0.3) is 11.4 Å². The van der Waals surface area contributed by atoms with Crippen LogP contribution in [-0.2, 0) is 4.74 Å². The maximum atomic E-state index is 5.09. The van der Waals surface area contributed by atoms with Crippen molar-refractivity contribution in [1.82, 2.24) is 9.97 Å². The van der Waals surface area contributed by atoms with Crippen LogP contribution in [0.1, 0.15) is 5.56 Å². The molecule has 0 bridgehead atoms. The number of nitrogens with one attached hydrogen (secondary N) is 2. The first-order valence-electron chi connectivity index (χ1n) is 8.25. The summed E-state index contributed by atoms with van der Waals surface area (Å²) in [7, 11) is 1.68. The van der Waals surface area contributed by atoms with Gasteiger partial charge in [0.25, 0.3) is 0 Å². The van der Waals surface area contributed by atoms with E-state index < -0.39 is 0 Å². The largest absolute Gasteiger partial charge is 0.383 e. The molecule has 0 unspecified atom stereocenters. The number of ether oxygens (including phenoxy) is 1. The summed E-state index contributed by atoms with van der Waals surface area (Å²) in [6.45, 7) is 3.37. The summed E-state index contributed by atoms with van der Waals surface area (Å²) < 4.78 is 5.09. The van der Waals surface area contributed by atoms with Gasteiger partial charge in [-0.1, -0.05) is 48.0 Å². The van der Waals surface area contributed by atoms with Crippen molar-refractivity contribution in [3.8, 4) is 11.4 Å². The highest BCUT2D eigenvalue weighted by Crippen LogP contribution is 2.22. The van der Waals surface area contributed by atoms with E-state index in [-0.39, 0.29) is 0 Å². The van der Waals surface area contributed by atoms with Gasteiger partial charge in [0.1, 0.15) is 11.6 Å². The second-order valence-electron chi connectivity index (χ2n) is 5.74. The Morgan fingerprint density at radius 3 is 2.36 bits per heavy atom. The van der Waals surface area contributed by atoms with E-state index in [0.717, 1.165) is 22.9 Å². The van der Waals surface area contributed by atoms with Gasteiger partial charge in [-0.3, -0.25) is 0 Å². The molecule has 0 fully saturated rings. The van der Waals surface area contributed by atoms with Crippen molar-refractivity contribution in [1.29, 1.82) is 0 Å². The quantitative estimate of drug-likeness (QED) is 0.633. The summed E-state index contributed by atoms with van der Waals surface area (Å²) in [6.07, 6.45) is 0. The number of nitrogens with zero attached hydrogens (tertiary/aromatic N) is 2. The first-order valence-corrected chi connectivity index (χ1v) is 8.25. The number of benzene rings is 2. The molecule has 0 saturated heterocycles. The molecule has 3 aromatic rings. The van der Waals surface area contributed by atoms with Gasteiger partial charge in [-0.15, -0.1) is 0 Å². The van der Waals surface area contributed by atoms with E-state index in [2.05, 4.69) is 39.7 Å². The summed E-state index contributed by atoms with van der Waals surface area (Å²) in [4.78, 5) is 9.27. The van der Waals surface area contributed by atoms with Crippen LogP contribution in [0, 0.1) is 6.92 Å². The minimum absolute atomic E-state index is 0.616. The van der Waals surface area contributed by atoms with Crippen LogP contribution in [0.3, 0.4) is 0 Å². The minimum Gasteiger partial charge on any atom is -0.383 e. The molecule has 0 amide bonds. The lowest BCUT2D eigenvalue weighted by Gasteiger charge is -2.12. The molecule has 0 spiro atoms. The molecule has 5 nitrogen and oxygen atoms in total. The third kappa shape index (κ3) is 4.78. The summed E-state index contributed by atoms with van der Waals surface area (Å²) in [5.41, 5.74) is 3.19. The minimum atomic E-state index is 0.616. The van der Waals surface area contributed by atoms with Crippen LogP contribution >= 0.6 is 0 Å². The summed E-state index contributed by atoms with van der Waals surface area (Å²) in [5.74, 6) is 2.19. The first kappa shape index (κ1) is 16.9. The van der Waals surface area contributed by atoms with Crippen molar-refractivity contribution in [2.45, 2.75) is 6.92 Å². The number of anilines is 3. The predicted octanol–water partition coefficient (Wildman–Crippen LogP) is 4.25. The second kappa shape index (κ2) is 8.26. The van der Waals surface area contributed by atoms with Crippen molar-refractivity contribution in [3.05, 3.63) is 66.2 Å². The molecule has 0 aliphatic heterocycles. The third-order valence-electron chi connectivity index (χ3n) is 3.69. The van der Waals surface area contributed by atoms with Crippen LogP contribution in [0.2, 0.25) is 0 Å². The second-order valence-corrected chi connectivity index (χ2v) is 5.74. The number of aromatic nitrogens is 2. The molecule has 0 saturated carbocycles. The number of hydrogen-bond donors (Lipinski definition) is 2. The lowest BCUT2D eigenvalue weighted by Crippen LogP contribution is -2.10. The van der Waals surface area contributed by atoms with Gasteiger partial charge in [0.2, 0.25) is 0 Å². The van der Waals surface area contributed by atoms with Gasteiger partial charge in [-0.05, 0) is 19.1 Å². The van der Waals surface area contributed by atoms with Crippen LogP contribution in [-0.4, -0.2) is 30.2 Å². The first-order chi connectivity index (χ1) is 12.2. The highest BCUT2D eigenvalue weighted by Gasteiger charge is 2.07. The van der Waals surface area contributed by atoms with Gasteiger partial charge >= 0.3 is 0 Å². The van der Waals surface area contributed by atoms with E-state index in [4.69, 9.17) is 4.74 Å². The van der Waals surface area contributed by atoms with E-state index in [0.29, 0.717) is 19.0 Å². The van der Waals surface area contributed by atoms with Crippen molar-refractivity contribution >= 4 is 17.3 Å². The van der Waals surface area contributed by atoms with Gasteiger partial charge in [0, 0.05) is 31.0 Å². The number of methoxy groups -OCH3 is 1. The van der Waals surface area contributed by atoms with Crippen molar-refractivity contribution in [2.75, 3.05) is 30.9 Å². The van der Waals surface area contributed by atoms with Crippen molar-refractivity contribution in [2.24, 2.45) is 0 Å². The monoisotopic (exact) mass is 334 g/mol. The standard InChI is InChI=1S/C20H22N4O/c1-15-8-10-17(11-9-15)22-19-14-18(21-12-13-25-2)23-20(24-19)16-6-4-3-5-7-16/h3-11,14H,12-13H2,1-2H3,(H2,21,22,23,24). The molecule has 25 heavy (non-hydrogen) atoms. The van der Waals surface area contributed by atoms with Gasteiger partial charge < -0.3 is 15.4 Å². The van der Waals surface area contributed by atoms with E-state index in [9.17, 15) is 0 Å². The summed E-state index contributed by atoms with van der Waals surface area (Å²) >= 11 is 0. The smallest absolute Gasteiger partial charge is 0.163 e. The molecule has 0 aliphatic carbocycles. The van der Waals surface area contributed by atoms with Crippen LogP contribution in [0.4, 0.5) is 17.3 Å². The van der Waals surface area contributed by atoms with Crippen molar-refractivity contribution < 1.29 is 4.74 Å². The van der Waals surface area contributed by atoms with E-state index in [1.54, 1.807) is 7.11 Å². The van der Waals surface area contributed by atoms with Crippen molar-refractivity contribution in [3.63, 3.8) is 0 Å². The van der Waals surface area contributed by atoms with Crippen LogP contribution in [0.15, 0.2) is 60.7 Å². The highest BCUT2D eigenvalue weighted by molar-refractivity contribution is 5.65. The Kier molecular flexibility index (Phi) is 5.59. The van der Waals surface area contributed by atoms with E-state index in [1.807, 2.05) is 48.5 Å². The Morgan fingerprint density at radius 1 is 0.920 bits per heavy atom. The molecule has 128 valence electrons. The molecule has 3 rings (SSSR count). The fourth-order valence-electron chi connectivity index (χ4n) is 2.38. The SMILES string of the molecule is COCCNc1cc(Nc2ccc(C)cc2)nc(-c2ccccc2)n1. The zero-order valence-corrected chi connectivity index (χ0v) is 14.5. The molecule has 0 atom stereocenters. The lowest BCUT2D eigenvalue weighted by molar-refractivity contribution is 0.210. The Hall–Kier alpha value is -2.92. The summed E-state index contributed by atoms with van der Waals surface area (Å²) in [5, 5.41) is 6.62.